The molecule has 0 aliphatic carbocycles. The lowest BCUT2D eigenvalue weighted by Gasteiger charge is -2.31. The maximum absolute atomic E-state index is 13.1. The molecule has 2 N–H and O–H groups in total. The molecule has 1 amide bonds. The second-order valence-electron chi connectivity index (χ2n) is 6.68. The summed E-state index contributed by atoms with van der Waals surface area (Å²) in [6, 6.07) is 16.5. The molecule has 2 aromatic carbocycles. The van der Waals surface area contributed by atoms with Crippen LogP contribution >= 0.6 is 0 Å². The van der Waals surface area contributed by atoms with E-state index in [2.05, 4.69) is 36.1 Å². The number of amides is 1. The summed E-state index contributed by atoms with van der Waals surface area (Å²) < 4.78 is 0. The number of aryl methyl sites for hydroxylation is 1. The van der Waals surface area contributed by atoms with Gasteiger partial charge in [-0.05, 0) is 43.0 Å². The number of hydrogen-bond acceptors (Lipinski definition) is 2. The fourth-order valence-corrected chi connectivity index (χ4v) is 3.52. The summed E-state index contributed by atoms with van der Waals surface area (Å²) in [7, 11) is 0. The van der Waals surface area contributed by atoms with Crippen LogP contribution in [0, 0.1) is 6.92 Å². The Morgan fingerprint density at radius 3 is 2.62 bits per heavy atom. The average molecular weight is 322 g/mol. The van der Waals surface area contributed by atoms with E-state index in [0.717, 1.165) is 30.5 Å². The maximum Gasteiger partial charge on any atom is 0.254 e. The Balaban J connectivity index is 1.90. The molecule has 1 aliphatic rings. The van der Waals surface area contributed by atoms with Gasteiger partial charge < -0.3 is 10.6 Å². The Kier molecular flexibility index (Phi) is 5.31. The van der Waals surface area contributed by atoms with Gasteiger partial charge in [-0.3, -0.25) is 4.79 Å². The fourth-order valence-electron chi connectivity index (χ4n) is 3.52. The Hall–Kier alpha value is -2.13. The number of nitrogens with two attached hydrogens (primary N) is 1. The van der Waals surface area contributed by atoms with Crippen LogP contribution in [0.1, 0.15) is 58.8 Å². The van der Waals surface area contributed by atoms with Crippen LogP contribution in [0.3, 0.4) is 0 Å². The van der Waals surface area contributed by atoms with Gasteiger partial charge in [0, 0.05) is 18.7 Å². The Morgan fingerprint density at radius 2 is 1.92 bits per heavy atom. The number of carbonyl (C=O) groups excluding carboxylic acids is 1. The zero-order valence-electron chi connectivity index (χ0n) is 14.4. The lowest BCUT2D eigenvalue weighted by molar-refractivity contribution is 0.0681. The molecule has 1 aliphatic heterocycles. The SMILES string of the molecule is Cc1cccc(C2CCCCCN2C(=O)c2ccc(CN)cc2)c1. The minimum atomic E-state index is 0.131. The first-order chi connectivity index (χ1) is 11.7. The molecule has 1 unspecified atom stereocenters. The minimum absolute atomic E-state index is 0.131. The number of hydrogen-bond donors (Lipinski definition) is 1. The lowest BCUT2D eigenvalue weighted by Crippen LogP contribution is -2.34. The molecular formula is C21H26N2O. The van der Waals surface area contributed by atoms with Gasteiger partial charge in [0.05, 0.1) is 6.04 Å². The summed E-state index contributed by atoms with van der Waals surface area (Å²) in [5.41, 5.74) is 9.97. The van der Waals surface area contributed by atoms with Crippen LogP contribution in [0.2, 0.25) is 0 Å². The molecule has 1 heterocycles. The van der Waals surface area contributed by atoms with Crippen molar-refractivity contribution in [1.82, 2.24) is 4.90 Å². The van der Waals surface area contributed by atoms with Crippen LogP contribution in [0.5, 0.6) is 0 Å². The lowest BCUT2D eigenvalue weighted by atomic mass is 9.98. The molecule has 2 aromatic rings. The molecule has 1 fully saturated rings. The number of likely N-dealkylation sites (tertiary alicyclic amines) is 1. The topological polar surface area (TPSA) is 46.3 Å². The van der Waals surface area contributed by atoms with Crippen LogP contribution in [0.15, 0.2) is 48.5 Å². The second-order valence-corrected chi connectivity index (χ2v) is 6.68. The van der Waals surface area contributed by atoms with Crippen LogP contribution in [0.25, 0.3) is 0 Å². The normalized spacial score (nSPS) is 18.2. The number of nitrogens with zero attached hydrogens (tertiary/aromatic N) is 1. The third-order valence-electron chi connectivity index (χ3n) is 4.88. The first-order valence-electron chi connectivity index (χ1n) is 8.85. The van der Waals surface area contributed by atoms with Gasteiger partial charge in [-0.25, -0.2) is 0 Å². The number of benzene rings is 2. The van der Waals surface area contributed by atoms with Crippen molar-refractivity contribution in [2.24, 2.45) is 5.73 Å². The maximum atomic E-state index is 13.1. The highest BCUT2D eigenvalue weighted by Gasteiger charge is 2.27. The van der Waals surface area contributed by atoms with Crippen molar-refractivity contribution < 1.29 is 4.79 Å². The van der Waals surface area contributed by atoms with Crippen molar-refractivity contribution >= 4 is 5.91 Å². The number of rotatable bonds is 3. The van der Waals surface area contributed by atoms with Crippen LogP contribution in [-0.2, 0) is 6.54 Å². The Labute approximate surface area is 144 Å². The van der Waals surface area contributed by atoms with Gasteiger partial charge in [-0.1, -0.05) is 54.8 Å². The van der Waals surface area contributed by atoms with Gasteiger partial charge >= 0.3 is 0 Å². The summed E-state index contributed by atoms with van der Waals surface area (Å²) in [5, 5.41) is 0. The van der Waals surface area contributed by atoms with Gasteiger partial charge in [0.15, 0.2) is 0 Å². The fraction of sp³-hybridized carbons (Fsp3) is 0.381. The monoisotopic (exact) mass is 322 g/mol. The smallest absolute Gasteiger partial charge is 0.254 e. The summed E-state index contributed by atoms with van der Waals surface area (Å²) in [6.45, 7) is 3.44. The van der Waals surface area contributed by atoms with Gasteiger partial charge in [-0.15, -0.1) is 0 Å². The van der Waals surface area contributed by atoms with E-state index >= 15 is 0 Å². The molecule has 24 heavy (non-hydrogen) atoms. The zero-order chi connectivity index (χ0) is 16.9. The quantitative estimate of drug-likeness (QED) is 0.920. The molecule has 1 atom stereocenters. The summed E-state index contributed by atoms with van der Waals surface area (Å²) in [6.07, 6.45) is 4.48. The predicted octanol–water partition coefficient (Wildman–Crippen LogP) is 4.21. The predicted molar refractivity (Wildman–Crippen MR) is 97.8 cm³/mol. The average Bonchev–Trinajstić information content (AvgIpc) is 2.87. The standard InChI is InChI=1S/C21H26N2O/c1-16-6-5-7-19(14-16)20-8-3-2-4-13-23(20)21(24)18-11-9-17(15-22)10-12-18/h5-7,9-12,14,20H,2-4,8,13,15,22H2,1H3. The second kappa shape index (κ2) is 7.63. The van der Waals surface area contributed by atoms with E-state index in [1.165, 1.54) is 24.0 Å². The van der Waals surface area contributed by atoms with E-state index < -0.39 is 0 Å². The first kappa shape index (κ1) is 16.7. The molecule has 1 saturated heterocycles. The molecule has 0 aromatic heterocycles. The van der Waals surface area contributed by atoms with Crippen LogP contribution < -0.4 is 5.73 Å². The molecule has 3 rings (SSSR count). The largest absolute Gasteiger partial charge is 0.332 e. The molecule has 0 radical (unpaired) electrons. The molecule has 3 nitrogen and oxygen atoms in total. The highest BCUT2D eigenvalue weighted by Crippen LogP contribution is 2.31. The molecule has 126 valence electrons. The van der Waals surface area contributed by atoms with Gasteiger partial charge in [-0.2, -0.15) is 0 Å². The van der Waals surface area contributed by atoms with Gasteiger partial charge in [0.1, 0.15) is 0 Å². The summed E-state index contributed by atoms with van der Waals surface area (Å²) >= 11 is 0. The number of carbonyl (C=O) groups is 1. The van der Waals surface area contributed by atoms with Crippen molar-refractivity contribution in [1.29, 1.82) is 0 Å². The Bertz CT molecular complexity index is 693. The molecule has 3 heteroatoms. The molecular weight excluding hydrogens is 296 g/mol. The zero-order valence-corrected chi connectivity index (χ0v) is 14.4. The van der Waals surface area contributed by atoms with Gasteiger partial charge in [0.25, 0.3) is 5.91 Å². The molecule has 0 spiro atoms. The van der Waals surface area contributed by atoms with Crippen molar-refractivity contribution in [3.05, 3.63) is 70.8 Å². The highest BCUT2D eigenvalue weighted by molar-refractivity contribution is 5.94. The third kappa shape index (κ3) is 3.68. The van der Waals surface area contributed by atoms with Crippen molar-refractivity contribution in [3.8, 4) is 0 Å². The molecule has 0 saturated carbocycles. The van der Waals surface area contributed by atoms with E-state index in [1.807, 2.05) is 24.3 Å². The highest BCUT2D eigenvalue weighted by atomic mass is 16.2. The first-order valence-corrected chi connectivity index (χ1v) is 8.85. The van der Waals surface area contributed by atoms with Crippen LogP contribution in [0.4, 0.5) is 0 Å². The Morgan fingerprint density at radius 1 is 1.12 bits per heavy atom. The van der Waals surface area contributed by atoms with Crippen molar-refractivity contribution in [3.63, 3.8) is 0 Å². The van der Waals surface area contributed by atoms with E-state index in [4.69, 9.17) is 5.73 Å². The van der Waals surface area contributed by atoms with E-state index in [-0.39, 0.29) is 11.9 Å². The summed E-state index contributed by atoms with van der Waals surface area (Å²) in [4.78, 5) is 15.2. The van der Waals surface area contributed by atoms with E-state index in [9.17, 15) is 4.79 Å². The van der Waals surface area contributed by atoms with Crippen LogP contribution in [-0.4, -0.2) is 17.4 Å². The summed E-state index contributed by atoms with van der Waals surface area (Å²) in [5.74, 6) is 0.131. The van der Waals surface area contributed by atoms with Crippen molar-refractivity contribution in [2.45, 2.75) is 45.2 Å². The van der Waals surface area contributed by atoms with E-state index in [1.54, 1.807) is 0 Å². The van der Waals surface area contributed by atoms with E-state index in [0.29, 0.717) is 6.54 Å². The molecule has 0 bridgehead atoms. The van der Waals surface area contributed by atoms with Crippen molar-refractivity contribution in [2.75, 3.05) is 6.54 Å². The minimum Gasteiger partial charge on any atom is -0.332 e. The third-order valence-corrected chi connectivity index (χ3v) is 4.88. The van der Waals surface area contributed by atoms with Gasteiger partial charge in [0.2, 0.25) is 0 Å².